The van der Waals surface area contributed by atoms with Gasteiger partial charge in [0.2, 0.25) is 5.91 Å². The minimum atomic E-state index is -1.05. The lowest BCUT2D eigenvalue weighted by molar-refractivity contribution is -0.120. The summed E-state index contributed by atoms with van der Waals surface area (Å²) in [7, 11) is 0. The minimum absolute atomic E-state index is 0.0299. The predicted molar refractivity (Wildman–Crippen MR) is 124 cm³/mol. The van der Waals surface area contributed by atoms with Crippen molar-refractivity contribution in [2.75, 3.05) is 0 Å². The van der Waals surface area contributed by atoms with E-state index in [1.165, 1.54) is 16.7 Å². The van der Waals surface area contributed by atoms with Crippen molar-refractivity contribution in [3.8, 4) is 10.6 Å². The Morgan fingerprint density at radius 3 is 2.72 bits per heavy atom. The average Bonchev–Trinajstić information content (AvgIpc) is 3.45. The van der Waals surface area contributed by atoms with Gasteiger partial charge in [-0.3, -0.25) is 4.79 Å². The van der Waals surface area contributed by atoms with Crippen molar-refractivity contribution in [2.24, 2.45) is 0 Å². The number of carboxylic acids is 1. The third kappa shape index (κ3) is 3.98. The molecule has 1 amide bonds. The van der Waals surface area contributed by atoms with Crippen LogP contribution in [0.3, 0.4) is 0 Å². The third-order valence-electron chi connectivity index (χ3n) is 5.20. The summed E-state index contributed by atoms with van der Waals surface area (Å²) in [5, 5.41) is 17.4. The molecule has 0 aliphatic carbocycles. The number of benzene rings is 3. The van der Waals surface area contributed by atoms with Gasteiger partial charge in [-0.25, -0.2) is 9.78 Å². The summed E-state index contributed by atoms with van der Waals surface area (Å²) in [4.78, 5) is 27.7. The molecule has 0 unspecified atom stereocenters. The minimum Gasteiger partial charge on any atom is -0.476 e. The van der Waals surface area contributed by atoms with Gasteiger partial charge in [-0.15, -0.1) is 11.3 Å². The van der Waals surface area contributed by atoms with E-state index in [9.17, 15) is 9.59 Å². The molecule has 0 fully saturated rings. The number of furan rings is 1. The van der Waals surface area contributed by atoms with Gasteiger partial charge in [0, 0.05) is 22.9 Å². The molecule has 0 saturated carbocycles. The Kier molecular flexibility index (Phi) is 5.17. The predicted octanol–water partition coefficient (Wildman–Crippen LogP) is 5.27. The Morgan fingerprint density at radius 2 is 1.88 bits per heavy atom. The molecule has 7 heteroatoms. The van der Waals surface area contributed by atoms with Crippen molar-refractivity contribution in [1.29, 1.82) is 0 Å². The lowest BCUT2D eigenvalue weighted by atomic mass is 10.1. The van der Waals surface area contributed by atoms with E-state index in [4.69, 9.17) is 9.52 Å². The molecule has 0 saturated heterocycles. The summed E-state index contributed by atoms with van der Waals surface area (Å²) in [5.74, 6) is -0.567. The molecule has 0 spiro atoms. The van der Waals surface area contributed by atoms with Crippen LogP contribution in [0.5, 0.6) is 0 Å². The molecule has 0 radical (unpaired) electrons. The van der Waals surface area contributed by atoms with Crippen molar-refractivity contribution < 1.29 is 19.1 Å². The molecule has 5 rings (SSSR count). The van der Waals surface area contributed by atoms with Crippen LogP contribution in [0.4, 0.5) is 0 Å². The maximum Gasteiger partial charge on any atom is 0.355 e. The first kappa shape index (κ1) is 20.0. The number of carbonyl (C=O) groups excluding carboxylic acids is 1. The molecule has 6 nitrogen and oxygen atoms in total. The zero-order chi connectivity index (χ0) is 22.1. The first-order valence-electron chi connectivity index (χ1n) is 10.0. The fourth-order valence-electron chi connectivity index (χ4n) is 3.67. The summed E-state index contributed by atoms with van der Waals surface area (Å²) in [6.45, 7) is 0.354. The highest BCUT2D eigenvalue weighted by atomic mass is 32.1. The van der Waals surface area contributed by atoms with Crippen LogP contribution in [0.2, 0.25) is 0 Å². The molecule has 0 bridgehead atoms. The van der Waals surface area contributed by atoms with E-state index < -0.39 is 5.97 Å². The van der Waals surface area contributed by atoms with Gasteiger partial charge in [0.05, 0.1) is 6.42 Å². The SMILES string of the molecule is O=C(Cc1cc2c(ccc3ccccc32)o1)NCc1cccc(-c2nc(C(=O)O)cs2)c1. The maximum atomic E-state index is 12.5. The number of thiazole rings is 1. The van der Waals surface area contributed by atoms with Crippen molar-refractivity contribution in [3.05, 3.63) is 89.1 Å². The first-order valence-corrected chi connectivity index (χ1v) is 10.9. The number of aromatic carboxylic acids is 1. The summed E-state index contributed by atoms with van der Waals surface area (Å²) >= 11 is 1.28. The molecular weight excluding hydrogens is 424 g/mol. The van der Waals surface area contributed by atoms with E-state index >= 15 is 0 Å². The van der Waals surface area contributed by atoms with Gasteiger partial charge in [0.25, 0.3) is 0 Å². The Morgan fingerprint density at radius 1 is 1.00 bits per heavy atom. The average molecular weight is 442 g/mol. The lowest BCUT2D eigenvalue weighted by Crippen LogP contribution is -2.24. The molecule has 5 aromatic rings. The highest BCUT2D eigenvalue weighted by Crippen LogP contribution is 2.28. The van der Waals surface area contributed by atoms with Crippen LogP contribution >= 0.6 is 11.3 Å². The van der Waals surface area contributed by atoms with Crippen LogP contribution in [-0.4, -0.2) is 22.0 Å². The lowest BCUT2D eigenvalue weighted by Gasteiger charge is -2.06. The fraction of sp³-hybridized carbons (Fsp3) is 0.0800. The smallest absolute Gasteiger partial charge is 0.355 e. The number of amides is 1. The second kappa shape index (κ2) is 8.28. The van der Waals surface area contributed by atoms with Crippen LogP contribution in [-0.2, 0) is 17.8 Å². The highest BCUT2D eigenvalue weighted by molar-refractivity contribution is 7.13. The third-order valence-corrected chi connectivity index (χ3v) is 6.09. The number of carbonyl (C=O) groups is 2. The van der Waals surface area contributed by atoms with Crippen LogP contribution in [0.15, 0.2) is 76.5 Å². The van der Waals surface area contributed by atoms with Crippen LogP contribution in [0.1, 0.15) is 21.8 Å². The maximum absolute atomic E-state index is 12.5. The monoisotopic (exact) mass is 442 g/mol. The number of nitrogens with one attached hydrogen (secondary N) is 1. The van der Waals surface area contributed by atoms with Crippen LogP contribution < -0.4 is 5.32 Å². The van der Waals surface area contributed by atoms with E-state index in [1.807, 2.05) is 60.7 Å². The molecule has 0 aliphatic heterocycles. The van der Waals surface area contributed by atoms with Gasteiger partial charge in [-0.2, -0.15) is 0 Å². The molecule has 158 valence electrons. The summed E-state index contributed by atoms with van der Waals surface area (Å²) in [6, 6.07) is 21.5. The van der Waals surface area contributed by atoms with Crippen molar-refractivity contribution >= 4 is 45.0 Å². The standard InChI is InChI=1S/C25H18N2O4S/c28-23(12-18-11-20-19-7-2-1-5-16(19)8-9-22(20)31-18)26-13-15-4-3-6-17(10-15)24-27-21(14-32-24)25(29)30/h1-11,14H,12-13H2,(H,26,28)(H,29,30). The number of fused-ring (bicyclic) bond motifs is 3. The van der Waals surface area contributed by atoms with E-state index in [0.717, 1.165) is 32.9 Å². The van der Waals surface area contributed by atoms with E-state index in [0.29, 0.717) is 17.3 Å². The molecule has 0 atom stereocenters. The van der Waals surface area contributed by atoms with Gasteiger partial charge in [0.1, 0.15) is 16.4 Å². The molecule has 2 N–H and O–H groups in total. The van der Waals surface area contributed by atoms with E-state index in [1.54, 1.807) is 0 Å². The number of hydrogen-bond acceptors (Lipinski definition) is 5. The molecule has 32 heavy (non-hydrogen) atoms. The topological polar surface area (TPSA) is 92.4 Å². The second-order valence-corrected chi connectivity index (χ2v) is 8.27. The van der Waals surface area contributed by atoms with Gasteiger partial charge in [0.15, 0.2) is 5.69 Å². The first-order chi connectivity index (χ1) is 15.6. The quantitative estimate of drug-likeness (QED) is 0.374. The second-order valence-electron chi connectivity index (χ2n) is 7.41. The number of rotatable bonds is 6. The molecule has 0 aliphatic rings. The van der Waals surface area contributed by atoms with Crippen LogP contribution in [0.25, 0.3) is 32.3 Å². The van der Waals surface area contributed by atoms with E-state index in [2.05, 4.69) is 16.4 Å². The van der Waals surface area contributed by atoms with Gasteiger partial charge >= 0.3 is 5.97 Å². The van der Waals surface area contributed by atoms with Crippen molar-refractivity contribution in [2.45, 2.75) is 13.0 Å². The Labute approximate surface area is 187 Å². The highest BCUT2D eigenvalue weighted by Gasteiger charge is 2.13. The molecule has 2 heterocycles. The van der Waals surface area contributed by atoms with Crippen LogP contribution in [0, 0.1) is 0 Å². The summed E-state index contributed by atoms with van der Waals surface area (Å²) in [6.07, 6.45) is 0.150. The van der Waals surface area contributed by atoms with E-state index in [-0.39, 0.29) is 18.0 Å². The fourth-order valence-corrected chi connectivity index (χ4v) is 4.46. The summed E-state index contributed by atoms with van der Waals surface area (Å²) < 4.78 is 5.88. The number of hydrogen-bond donors (Lipinski definition) is 2. The molecular formula is C25H18N2O4S. The Bertz CT molecular complexity index is 1470. The van der Waals surface area contributed by atoms with Crippen molar-refractivity contribution in [1.82, 2.24) is 10.3 Å². The molecule has 3 aromatic carbocycles. The number of nitrogens with zero attached hydrogens (tertiary/aromatic N) is 1. The van der Waals surface area contributed by atoms with Gasteiger partial charge in [-0.05, 0) is 34.5 Å². The van der Waals surface area contributed by atoms with Gasteiger partial charge in [-0.1, -0.05) is 48.5 Å². The number of carboxylic acid groups (broad SMARTS) is 1. The zero-order valence-electron chi connectivity index (χ0n) is 16.9. The zero-order valence-corrected chi connectivity index (χ0v) is 17.7. The largest absolute Gasteiger partial charge is 0.476 e. The Hall–Kier alpha value is -3.97. The number of aromatic nitrogens is 1. The van der Waals surface area contributed by atoms with Gasteiger partial charge < -0.3 is 14.8 Å². The molecule has 2 aromatic heterocycles. The van der Waals surface area contributed by atoms with Crippen molar-refractivity contribution in [3.63, 3.8) is 0 Å². The summed E-state index contributed by atoms with van der Waals surface area (Å²) in [5.41, 5.74) is 2.52. The Balaban J connectivity index is 1.27. The normalized spacial score (nSPS) is 11.1.